The molecular weight excluding hydrogens is 356 g/mol. The first-order chi connectivity index (χ1) is 14.3. The molecule has 1 aromatic heterocycles. The van der Waals surface area contributed by atoms with Gasteiger partial charge in [-0.25, -0.2) is 0 Å². The van der Waals surface area contributed by atoms with Crippen molar-refractivity contribution in [2.45, 2.75) is 89.8 Å². The van der Waals surface area contributed by atoms with Crippen molar-refractivity contribution in [3.8, 4) is 0 Å². The Bertz CT molecular complexity index is 754. The maximum absolute atomic E-state index is 13.3. The third kappa shape index (κ3) is 5.52. The lowest BCUT2D eigenvalue weighted by atomic mass is 9.93. The smallest absolute Gasteiger partial charge is 0.223 e. The average Bonchev–Trinajstić information content (AvgIpc) is 3.44. The fraction of sp³-hybridized carbons (Fsp3) is 0.577. The van der Waals surface area contributed by atoms with Gasteiger partial charge >= 0.3 is 0 Å². The second kappa shape index (κ2) is 10.1. The minimum Gasteiger partial charge on any atom is -0.345 e. The first-order valence-electron chi connectivity index (χ1n) is 11.8. The summed E-state index contributed by atoms with van der Waals surface area (Å²) in [5, 5.41) is 0. The summed E-state index contributed by atoms with van der Waals surface area (Å²) < 4.78 is 2.31. The summed E-state index contributed by atoms with van der Waals surface area (Å²) in [6, 6.07) is 15.4. The van der Waals surface area contributed by atoms with Gasteiger partial charge in [-0.05, 0) is 42.9 Å². The van der Waals surface area contributed by atoms with Gasteiger partial charge in [-0.3, -0.25) is 4.79 Å². The van der Waals surface area contributed by atoms with Crippen molar-refractivity contribution < 1.29 is 4.79 Å². The van der Waals surface area contributed by atoms with Crippen LogP contribution in [0.15, 0.2) is 48.7 Å². The molecule has 1 amide bonds. The maximum atomic E-state index is 13.3. The van der Waals surface area contributed by atoms with Gasteiger partial charge in [-0.1, -0.05) is 75.3 Å². The number of aromatic nitrogens is 1. The molecule has 2 aliphatic rings. The second-order valence-electron chi connectivity index (χ2n) is 9.12. The first kappa shape index (κ1) is 20.3. The minimum atomic E-state index is 0.385. The summed E-state index contributed by atoms with van der Waals surface area (Å²) in [4.78, 5) is 15.6. The molecule has 1 heterocycles. The Morgan fingerprint density at radius 3 is 2.38 bits per heavy atom. The van der Waals surface area contributed by atoms with Crippen LogP contribution in [0.4, 0.5) is 0 Å². The molecular formula is C26H36N2O. The summed E-state index contributed by atoms with van der Waals surface area (Å²) in [7, 11) is 0. The van der Waals surface area contributed by atoms with Crippen LogP contribution in [-0.2, 0) is 17.9 Å². The van der Waals surface area contributed by atoms with Gasteiger partial charge in [0.25, 0.3) is 0 Å². The monoisotopic (exact) mass is 392 g/mol. The van der Waals surface area contributed by atoms with Crippen LogP contribution in [0.3, 0.4) is 0 Å². The molecule has 3 nitrogen and oxygen atoms in total. The Morgan fingerprint density at radius 1 is 0.897 bits per heavy atom. The number of carbonyl (C=O) groups is 1. The number of carbonyl (C=O) groups excluding carboxylic acids is 1. The highest BCUT2D eigenvalue weighted by molar-refractivity contribution is 5.76. The zero-order chi connectivity index (χ0) is 19.9. The Hall–Kier alpha value is -2.03. The molecule has 4 rings (SSSR count). The van der Waals surface area contributed by atoms with Crippen LogP contribution in [0.5, 0.6) is 0 Å². The second-order valence-corrected chi connectivity index (χ2v) is 9.12. The van der Waals surface area contributed by atoms with E-state index in [1.807, 2.05) is 0 Å². The van der Waals surface area contributed by atoms with Gasteiger partial charge in [0.15, 0.2) is 0 Å². The van der Waals surface area contributed by atoms with E-state index in [1.165, 1.54) is 69.0 Å². The molecule has 2 aromatic rings. The molecule has 0 atom stereocenters. The standard InChI is InChI=1S/C26H36N2O/c29-26(18-17-22-10-7-8-11-22)28(24-14-5-2-6-15-24)21-25-16-9-19-27(25)20-23-12-3-1-4-13-23/h1,3-4,9,12-13,16,19,22,24H,2,5-8,10-11,14-15,17-18,20-21H2. The van der Waals surface area contributed by atoms with E-state index in [9.17, 15) is 4.79 Å². The van der Waals surface area contributed by atoms with Crippen LogP contribution < -0.4 is 0 Å². The fourth-order valence-corrected chi connectivity index (χ4v) is 5.29. The highest BCUT2D eigenvalue weighted by Crippen LogP contribution is 2.30. The average molecular weight is 393 g/mol. The molecule has 0 saturated heterocycles. The van der Waals surface area contributed by atoms with Gasteiger partial charge in [0.05, 0.1) is 6.54 Å². The normalized spacial score (nSPS) is 18.2. The summed E-state index contributed by atoms with van der Waals surface area (Å²) in [5.74, 6) is 1.17. The van der Waals surface area contributed by atoms with Crippen molar-refractivity contribution in [1.29, 1.82) is 0 Å². The van der Waals surface area contributed by atoms with Crippen LogP contribution in [0, 0.1) is 5.92 Å². The minimum absolute atomic E-state index is 0.385. The van der Waals surface area contributed by atoms with E-state index in [2.05, 4.69) is 58.1 Å². The van der Waals surface area contributed by atoms with Crippen molar-refractivity contribution in [2.24, 2.45) is 5.92 Å². The number of nitrogens with zero attached hydrogens (tertiary/aromatic N) is 2. The van der Waals surface area contributed by atoms with Crippen LogP contribution >= 0.6 is 0 Å². The Kier molecular flexibility index (Phi) is 7.08. The molecule has 2 aliphatic carbocycles. The topological polar surface area (TPSA) is 25.2 Å². The lowest BCUT2D eigenvalue weighted by Gasteiger charge is -2.35. The fourth-order valence-electron chi connectivity index (χ4n) is 5.29. The van der Waals surface area contributed by atoms with E-state index in [0.717, 1.165) is 31.8 Å². The van der Waals surface area contributed by atoms with E-state index in [-0.39, 0.29) is 0 Å². The largest absolute Gasteiger partial charge is 0.345 e. The van der Waals surface area contributed by atoms with E-state index in [4.69, 9.17) is 0 Å². The SMILES string of the molecule is O=C(CCC1CCCC1)N(Cc1cccn1Cc1ccccc1)C1CCCCC1. The zero-order valence-electron chi connectivity index (χ0n) is 17.8. The molecule has 3 heteroatoms. The van der Waals surface area contributed by atoms with Gasteiger partial charge in [0, 0.05) is 30.9 Å². The van der Waals surface area contributed by atoms with Gasteiger partial charge in [0.1, 0.15) is 0 Å². The third-order valence-electron chi connectivity index (χ3n) is 7.03. The van der Waals surface area contributed by atoms with E-state index >= 15 is 0 Å². The molecule has 1 aromatic carbocycles. The van der Waals surface area contributed by atoms with Crippen molar-refractivity contribution in [2.75, 3.05) is 0 Å². The predicted octanol–water partition coefficient (Wildman–Crippen LogP) is 6.17. The van der Waals surface area contributed by atoms with Crippen LogP contribution in [0.1, 0.15) is 81.9 Å². The molecule has 156 valence electrons. The third-order valence-corrected chi connectivity index (χ3v) is 7.03. The van der Waals surface area contributed by atoms with Gasteiger partial charge in [0.2, 0.25) is 5.91 Å². The van der Waals surface area contributed by atoms with E-state index in [0.29, 0.717) is 11.9 Å². The quantitative estimate of drug-likeness (QED) is 0.527. The highest BCUT2D eigenvalue weighted by atomic mass is 16.2. The molecule has 0 radical (unpaired) electrons. The van der Waals surface area contributed by atoms with Crippen molar-refractivity contribution in [1.82, 2.24) is 9.47 Å². The van der Waals surface area contributed by atoms with Crippen LogP contribution in [-0.4, -0.2) is 21.4 Å². The van der Waals surface area contributed by atoms with Crippen LogP contribution in [0.25, 0.3) is 0 Å². The molecule has 2 fully saturated rings. The molecule has 0 bridgehead atoms. The summed E-state index contributed by atoms with van der Waals surface area (Å²) in [6.45, 7) is 1.63. The van der Waals surface area contributed by atoms with Crippen molar-refractivity contribution in [3.05, 3.63) is 59.9 Å². The molecule has 0 unspecified atom stereocenters. The summed E-state index contributed by atoms with van der Waals surface area (Å²) in [6.07, 6.45) is 15.6. The summed E-state index contributed by atoms with van der Waals surface area (Å²) >= 11 is 0. The molecule has 29 heavy (non-hydrogen) atoms. The number of hydrogen-bond acceptors (Lipinski definition) is 1. The summed E-state index contributed by atoms with van der Waals surface area (Å²) in [5.41, 5.74) is 2.57. The highest BCUT2D eigenvalue weighted by Gasteiger charge is 2.27. The molecule has 0 aliphatic heterocycles. The van der Waals surface area contributed by atoms with Crippen LogP contribution in [0.2, 0.25) is 0 Å². The van der Waals surface area contributed by atoms with Gasteiger partial charge in [-0.2, -0.15) is 0 Å². The zero-order valence-corrected chi connectivity index (χ0v) is 17.8. The van der Waals surface area contributed by atoms with E-state index < -0.39 is 0 Å². The predicted molar refractivity (Wildman–Crippen MR) is 119 cm³/mol. The Labute approximate surface area is 176 Å². The lowest BCUT2D eigenvalue weighted by Crippen LogP contribution is -2.41. The van der Waals surface area contributed by atoms with Gasteiger partial charge in [-0.15, -0.1) is 0 Å². The molecule has 0 N–H and O–H groups in total. The Morgan fingerprint density at radius 2 is 1.62 bits per heavy atom. The maximum Gasteiger partial charge on any atom is 0.223 e. The number of rotatable bonds is 8. The first-order valence-corrected chi connectivity index (χ1v) is 11.8. The number of benzene rings is 1. The van der Waals surface area contributed by atoms with Gasteiger partial charge < -0.3 is 9.47 Å². The number of hydrogen-bond donors (Lipinski definition) is 0. The molecule has 2 saturated carbocycles. The number of amides is 1. The van der Waals surface area contributed by atoms with E-state index in [1.54, 1.807) is 0 Å². The van der Waals surface area contributed by atoms with Crippen molar-refractivity contribution >= 4 is 5.91 Å². The molecule has 0 spiro atoms. The lowest BCUT2D eigenvalue weighted by molar-refractivity contribution is -0.135. The Balaban J connectivity index is 1.45. The van der Waals surface area contributed by atoms with Crippen molar-refractivity contribution in [3.63, 3.8) is 0 Å².